The molecule has 2 aromatic rings. The van der Waals surface area contributed by atoms with Crippen LogP contribution in [0.15, 0.2) is 6.20 Å². The predicted octanol–water partition coefficient (Wildman–Crippen LogP) is 1.63. The maximum atomic E-state index is 12.4. The monoisotopic (exact) mass is 369 g/mol. The molecule has 1 saturated carbocycles. The van der Waals surface area contributed by atoms with Crippen LogP contribution in [0, 0.1) is 6.92 Å². The van der Waals surface area contributed by atoms with Crippen LogP contribution in [0.1, 0.15) is 77.8 Å². The fourth-order valence-electron chi connectivity index (χ4n) is 4.10. The van der Waals surface area contributed by atoms with Crippen LogP contribution in [-0.2, 0) is 19.4 Å². The number of hydrogen-bond acceptors (Lipinski definition) is 6. The van der Waals surface area contributed by atoms with Crippen molar-refractivity contribution in [3.63, 3.8) is 0 Å². The van der Waals surface area contributed by atoms with E-state index in [1.54, 1.807) is 10.9 Å². The van der Waals surface area contributed by atoms with E-state index in [4.69, 9.17) is 5.73 Å². The Balaban J connectivity index is 1.38. The lowest BCUT2D eigenvalue weighted by Crippen LogP contribution is -2.28. The summed E-state index contributed by atoms with van der Waals surface area (Å²) in [4.78, 5) is 21.6. The SMILES string of the molecule is Cc1nc(CNC(=O)c2cn(C3CCC(N)CC3)nn2)nc2c1CCCC2. The van der Waals surface area contributed by atoms with Crippen molar-refractivity contribution in [2.75, 3.05) is 0 Å². The largest absolute Gasteiger partial charge is 0.343 e. The molecule has 0 bridgehead atoms. The minimum absolute atomic E-state index is 0.243. The normalized spacial score (nSPS) is 22.3. The molecule has 144 valence electrons. The maximum Gasteiger partial charge on any atom is 0.273 e. The number of fused-ring (bicyclic) bond motifs is 1. The summed E-state index contributed by atoms with van der Waals surface area (Å²) in [6.45, 7) is 2.33. The number of carbonyl (C=O) groups excluding carboxylic acids is 1. The van der Waals surface area contributed by atoms with E-state index in [-0.39, 0.29) is 18.0 Å². The highest BCUT2D eigenvalue weighted by molar-refractivity contribution is 5.91. The van der Waals surface area contributed by atoms with E-state index in [2.05, 4.69) is 25.6 Å². The van der Waals surface area contributed by atoms with Gasteiger partial charge in [-0.1, -0.05) is 5.21 Å². The fraction of sp³-hybridized carbons (Fsp3) is 0.632. The van der Waals surface area contributed by atoms with Crippen LogP contribution in [-0.4, -0.2) is 36.9 Å². The smallest absolute Gasteiger partial charge is 0.273 e. The first-order chi connectivity index (χ1) is 13.1. The number of aromatic nitrogens is 5. The van der Waals surface area contributed by atoms with Crippen molar-refractivity contribution in [3.05, 3.63) is 34.7 Å². The Morgan fingerprint density at radius 2 is 2.00 bits per heavy atom. The molecule has 8 nitrogen and oxygen atoms in total. The molecule has 2 aliphatic carbocycles. The summed E-state index contributed by atoms with van der Waals surface area (Å²) in [5.74, 6) is 0.419. The van der Waals surface area contributed by atoms with E-state index in [1.807, 2.05) is 6.92 Å². The van der Waals surface area contributed by atoms with Gasteiger partial charge >= 0.3 is 0 Å². The van der Waals surface area contributed by atoms with Crippen molar-refractivity contribution in [1.82, 2.24) is 30.3 Å². The molecule has 4 rings (SSSR count). The van der Waals surface area contributed by atoms with Crippen LogP contribution >= 0.6 is 0 Å². The van der Waals surface area contributed by atoms with Crippen molar-refractivity contribution in [1.29, 1.82) is 0 Å². The van der Waals surface area contributed by atoms with Gasteiger partial charge in [0.1, 0.15) is 5.82 Å². The number of nitrogens with two attached hydrogens (primary N) is 1. The molecule has 2 aromatic heterocycles. The average Bonchev–Trinajstić information content (AvgIpc) is 3.17. The van der Waals surface area contributed by atoms with Gasteiger partial charge in [0, 0.05) is 17.4 Å². The quantitative estimate of drug-likeness (QED) is 0.847. The van der Waals surface area contributed by atoms with Gasteiger partial charge in [-0.2, -0.15) is 0 Å². The summed E-state index contributed by atoms with van der Waals surface area (Å²) in [6, 6.07) is 0.568. The average molecular weight is 369 g/mol. The third-order valence-corrected chi connectivity index (χ3v) is 5.70. The fourth-order valence-corrected chi connectivity index (χ4v) is 4.10. The lowest BCUT2D eigenvalue weighted by atomic mass is 9.92. The molecule has 2 aliphatic rings. The summed E-state index contributed by atoms with van der Waals surface area (Å²) in [5.41, 5.74) is 9.74. The molecule has 0 atom stereocenters. The summed E-state index contributed by atoms with van der Waals surface area (Å²) in [6.07, 6.45) is 10.1. The second-order valence-corrected chi connectivity index (χ2v) is 7.69. The minimum atomic E-state index is -0.243. The highest BCUT2D eigenvalue weighted by Gasteiger charge is 2.22. The zero-order valence-electron chi connectivity index (χ0n) is 15.8. The Hall–Kier alpha value is -2.35. The number of rotatable bonds is 4. The molecule has 1 fully saturated rings. The van der Waals surface area contributed by atoms with Gasteiger partial charge in [-0.3, -0.25) is 4.79 Å². The van der Waals surface area contributed by atoms with Gasteiger partial charge in [0.05, 0.1) is 18.8 Å². The Bertz CT molecular complexity index is 823. The van der Waals surface area contributed by atoms with Gasteiger partial charge in [-0.15, -0.1) is 5.10 Å². The molecular formula is C19H27N7O. The van der Waals surface area contributed by atoms with E-state index in [1.165, 1.54) is 18.4 Å². The third kappa shape index (κ3) is 4.00. The Morgan fingerprint density at radius 1 is 1.22 bits per heavy atom. The standard InChI is InChI=1S/C19H27N7O/c1-12-15-4-2-3-5-16(15)23-18(22-12)10-21-19(27)17-11-26(25-24-17)14-8-6-13(20)7-9-14/h11,13-14H,2-10,20H2,1H3,(H,21,27). The van der Waals surface area contributed by atoms with Crippen LogP contribution in [0.2, 0.25) is 0 Å². The molecule has 0 saturated heterocycles. The van der Waals surface area contributed by atoms with Gasteiger partial charge < -0.3 is 11.1 Å². The van der Waals surface area contributed by atoms with Crippen LogP contribution in [0.4, 0.5) is 0 Å². The number of nitrogens with zero attached hydrogens (tertiary/aromatic N) is 5. The van der Waals surface area contributed by atoms with E-state index < -0.39 is 0 Å². The molecule has 1 amide bonds. The molecule has 0 unspecified atom stereocenters. The molecule has 0 spiro atoms. The van der Waals surface area contributed by atoms with Crippen LogP contribution < -0.4 is 11.1 Å². The van der Waals surface area contributed by atoms with E-state index >= 15 is 0 Å². The van der Waals surface area contributed by atoms with Crippen molar-refractivity contribution in [2.45, 2.75) is 76.9 Å². The molecule has 3 N–H and O–H groups in total. The highest BCUT2D eigenvalue weighted by atomic mass is 16.2. The van der Waals surface area contributed by atoms with Gasteiger partial charge in [-0.05, 0) is 63.9 Å². The summed E-state index contributed by atoms with van der Waals surface area (Å²) >= 11 is 0. The Morgan fingerprint density at radius 3 is 2.81 bits per heavy atom. The van der Waals surface area contributed by atoms with Crippen molar-refractivity contribution >= 4 is 5.91 Å². The number of amides is 1. The van der Waals surface area contributed by atoms with E-state index in [9.17, 15) is 4.79 Å². The van der Waals surface area contributed by atoms with Crippen LogP contribution in [0.5, 0.6) is 0 Å². The van der Waals surface area contributed by atoms with E-state index in [0.29, 0.717) is 18.1 Å². The topological polar surface area (TPSA) is 112 Å². The first kappa shape index (κ1) is 18.0. The number of nitrogens with one attached hydrogen (secondary N) is 1. The molecule has 27 heavy (non-hydrogen) atoms. The lowest BCUT2D eigenvalue weighted by molar-refractivity contribution is 0.0944. The molecule has 8 heteroatoms. The molecule has 0 aromatic carbocycles. The molecule has 0 radical (unpaired) electrons. The van der Waals surface area contributed by atoms with Crippen molar-refractivity contribution < 1.29 is 4.79 Å². The molecular weight excluding hydrogens is 342 g/mol. The zero-order chi connectivity index (χ0) is 18.8. The van der Waals surface area contributed by atoms with Crippen molar-refractivity contribution in [3.8, 4) is 0 Å². The van der Waals surface area contributed by atoms with E-state index in [0.717, 1.165) is 49.9 Å². The lowest BCUT2D eigenvalue weighted by Gasteiger charge is -2.25. The first-order valence-electron chi connectivity index (χ1n) is 9.91. The maximum absolute atomic E-state index is 12.4. The molecule has 2 heterocycles. The summed E-state index contributed by atoms with van der Waals surface area (Å²) in [5, 5.41) is 11.1. The summed E-state index contributed by atoms with van der Waals surface area (Å²) < 4.78 is 1.81. The van der Waals surface area contributed by atoms with Crippen molar-refractivity contribution in [2.24, 2.45) is 5.73 Å². The zero-order valence-corrected chi connectivity index (χ0v) is 15.8. The van der Waals surface area contributed by atoms with Gasteiger partial charge in [0.15, 0.2) is 5.69 Å². The Kier molecular flexibility index (Phi) is 5.15. The second-order valence-electron chi connectivity index (χ2n) is 7.69. The first-order valence-corrected chi connectivity index (χ1v) is 9.91. The van der Waals surface area contributed by atoms with Gasteiger partial charge in [0.25, 0.3) is 5.91 Å². The second kappa shape index (κ2) is 7.72. The minimum Gasteiger partial charge on any atom is -0.343 e. The third-order valence-electron chi connectivity index (χ3n) is 5.70. The number of carbonyl (C=O) groups is 1. The highest BCUT2D eigenvalue weighted by Crippen LogP contribution is 2.26. The summed E-state index contributed by atoms with van der Waals surface area (Å²) in [7, 11) is 0. The predicted molar refractivity (Wildman–Crippen MR) is 100 cm³/mol. The Labute approximate surface area is 159 Å². The van der Waals surface area contributed by atoms with Gasteiger partial charge in [0.2, 0.25) is 0 Å². The molecule has 0 aliphatic heterocycles. The van der Waals surface area contributed by atoms with Crippen LogP contribution in [0.3, 0.4) is 0 Å². The number of aryl methyl sites for hydroxylation is 2. The van der Waals surface area contributed by atoms with Gasteiger partial charge in [-0.25, -0.2) is 14.6 Å². The van der Waals surface area contributed by atoms with Crippen LogP contribution in [0.25, 0.3) is 0 Å². The number of hydrogen-bond donors (Lipinski definition) is 2.